The second-order valence-corrected chi connectivity index (χ2v) is 11.0. The lowest BCUT2D eigenvalue weighted by Crippen LogP contribution is -2.27. The summed E-state index contributed by atoms with van der Waals surface area (Å²) in [6.07, 6.45) is 0. The van der Waals surface area contributed by atoms with E-state index in [9.17, 15) is 0 Å². The quantitative estimate of drug-likeness (QED) is 0.296. The molecule has 0 amide bonds. The molecule has 33 heavy (non-hydrogen) atoms. The summed E-state index contributed by atoms with van der Waals surface area (Å²) in [5.74, 6) is 2.77. The fraction of sp³-hybridized carbons (Fsp3) is 0. The fourth-order valence-electron chi connectivity index (χ4n) is 3.82. The van der Waals surface area contributed by atoms with Gasteiger partial charge >= 0.3 is 0 Å². The Morgan fingerprint density at radius 1 is 0.667 bits per heavy atom. The minimum Gasteiger partial charge on any atom is -0.130 e. The maximum atomic E-state index is 6.16. The Kier molecular flexibility index (Phi) is 7.24. The normalized spacial score (nSPS) is 10.9. The van der Waals surface area contributed by atoms with E-state index in [1.54, 1.807) is 0 Å². The van der Waals surface area contributed by atoms with Gasteiger partial charge in [0.1, 0.15) is 0 Å². The highest BCUT2D eigenvalue weighted by Gasteiger charge is 2.26. The Morgan fingerprint density at radius 2 is 1.18 bits per heavy atom. The molecule has 7 heteroatoms. The van der Waals surface area contributed by atoms with Gasteiger partial charge in [-0.15, -0.1) is 32.0 Å². The molecule has 0 saturated heterocycles. The predicted octanol–water partition coefficient (Wildman–Crippen LogP) is 5.04. The molecule has 0 spiro atoms. The van der Waals surface area contributed by atoms with Crippen LogP contribution in [0, 0.1) is 0 Å². The van der Waals surface area contributed by atoms with Crippen LogP contribution in [0.2, 0.25) is 5.02 Å². The van der Waals surface area contributed by atoms with Gasteiger partial charge in [-0.05, 0) is 52.0 Å². The third kappa shape index (κ3) is 4.72. The lowest BCUT2D eigenvalue weighted by molar-refractivity contribution is 0.720. The molecule has 0 atom stereocenters. The Morgan fingerprint density at radius 3 is 1.67 bits per heavy atom. The SMILES string of the molecule is Br.Clc1cccc(-n2nnc(C=P(c3ccccc3)(c3ccccc3)c3ccccc3)n2)c1. The summed E-state index contributed by atoms with van der Waals surface area (Å²) in [7, 11) is 0. The molecular weight excluding hydrogens is 515 g/mol. The Labute approximate surface area is 208 Å². The third-order valence-corrected chi connectivity index (χ3v) is 9.46. The van der Waals surface area contributed by atoms with Crippen molar-refractivity contribution in [3.63, 3.8) is 0 Å². The molecule has 164 valence electrons. The van der Waals surface area contributed by atoms with Crippen molar-refractivity contribution in [2.24, 2.45) is 0 Å². The van der Waals surface area contributed by atoms with Crippen molar-refractivity contribution in [3.8, 4) is 5.69 Å². The monoisotopic (exact) mass is 534 g/mol. The molecule has 0 N–H and O–H groups in total. The maximum absolute atomic E-state index is 6.16. The summed E-state index contributed by atoms with van der Waals surface area (Å²) >= 11 is 6.16. The molecule has 0 fully saturated rings. The maximum Gasteiger partial charge on any atom is 0.199 e. The van der Waals surface area contributed by atoms with Crippen molar-refractivity contribution in [2.45, 2.75) is 0 Å². The van der Waals surface area contributed by atoms with Gasteiger partial charge in [-0.3, -0.25) is 0 Å². The van der Waals surface area contributed by atoms with Crippen LogP contribution in [0.1, 0.15) is 5.82 Å². The minimum atomic E-state index is -2.19. The summed E-state index contributed by atoms with van der Waals surface area (Å²) in [5, 5.41) is 17.7. The van der Waals surface area contributed by atoms with Crippen LogP contribution < -0.4 is 15.9 Å². The molecule has 1 aromatic heterocycles. The first-order chi connectivity index (χ1) is 15.8. The van der Waals surface area contributed by atoms with Crippen LogP contribution in [-0.2, 0) is 0 Å². The molecule has 0 bridgehead atoms. The smallest absolute Gasteiger partial charge is 0.130 e. The van der Waals surface area contributed by atoms with E-state index in [0.29, 0.717) is 10.8 Å². The zero-order valence-corrected chi connectivity index (χ0v) is 20.9. The molecule has 0 aliphatic rings. The largest absolute Gasteiger partial charge is 0.199 e. The molecule has 1 heterocycles. The average molecular weight is 536 g/mol. The Hall–Kier alpha value is -2.98. The summed E-state index contributed by atoms with van der Waals surface area (Å²) < 4.78 is 0. The molecule has 0 radical (unpaired) electrons. The average Bonchev–Trinajstić information content (AvgIpc) is 3.33. The first-order valence-electron chi connectivity index (χ1n) is 10.2. The number of halogens is 2. The summed E-state index contributed by atoms with van der Waals surface area (Å²) in [4.78, 5) is 1.52. The van der Waals surface area contributed by atoms with E-state index < -0.39 is 6.89 Å². The van der Waals surface area contributed by atoms with Gasteiger partial charge in [-0.2, -0.15) is 0 Å². The molecule has 0 aliphatic heterocycles. The molecule has 5 aromatic rings. The number of aromatic nitrogens is 4. The number of rotatable bonds is 5. The highest BCUT2D eigenvalue weighted by atomic mass is 79.9. The molecule has 0 aliphatic carbocycles. The highest BCUT2D eigenvalue weighted by molar-refractivity contribution is 8.93. The Bertz CT molecular complexity index is 1290. The number of tetrazole rings is 1. The first-order valence-corrected chi connectivity index (χ1v) is 12.5. The van der Waals surface area contributed by atoms with Crippen molar-refractivity contribution >= 4 is 57.2 Å². The van der Waals surface area contributed by atoms with E-state index in [1.165, 1.54) is 20.7 Å². The van der Waals surface area contributed by atoms with Crippen molar-refractivity contribution in [1.82, 2.24) is 20.2 Å². The fourth-order valence-corrected chi connectivity index (χ4v) is 7.72. The first kappa shape index (κ1) is 23.2. The van der Waals surface area contributed by atoms with Crippen LogP contribution in [0.4, 0.5) is 0 Å². The van der Waals surface area contributed by atoms with Gasteiger partial charge in [0.2, 0.25) is 0 Å². The Balaban J connectivity index is 0.00000259. The van der Waals surface area contributed by atoms with Crippen LogP contribution >= 0.6 is 35.5 Å². The van der Waals surface area contributed by atoms with E-state index in [0.717, 1.165) is 5.69 Å². The van der Waals surface area contributed by atoms with Gasteiger partial charge in [-0.1, -0.05) is 109 Å². The highest BCUT2D eigenvalue weighted by Crippen LogP contribution is 2.44. The molecule has 0 saturated carbocycles. The van der Waals surface area contributed by atoms with Gasteiger partial charge in [0, 0.05) is 5.02 Å². The van der Waals surface area contributed by atoms with E-state index in [2.05, 4.69) is 88.9 Å². The van der Waals surface area contributed by atoms with E-state index in [4.69, 9.17) is 16.7 Å². The number of benzene rings is 4. The molecule has 0 unspecified atom stereocenters. The topological polar surface area (TPSA) is 43.6 Å². The van der Waals surface area contributed by atoms with Gasteiger partial charge < -0.3 is 0 Å². The van der Waals surface area contributed by atoms with Crippen LogP contribution in [0.15, 0.2) is 115 Å². The van der Waals surface area contributed by atoms with E-state index in [1.807, 2.05) is 42.5 Å². The summed E-state index contributed by atoms with van der Waals surface area (Å²) in [6.45, 7) is -2.19. The third-order valence-electron chi connectivity index (χ3n) is 5.27. The van der Waals surface area contributed by atoms with Gasteiger partial charge in [-0.25, -0.2) is 0 Å². The molecule has 4 aromatic carbocycles. The zero-order chi connectivity index (χ0) is 21.8. The second kappa shape index (κ2) is 10.3. The van der Waals surface area contributed by atoms with Crippen LogP contribution in [0.5, 0.6) is 0 Å². The van der Waals surface area contributed by atoms with Crippen LogP contribution in [0.25, 0.3) is 5.69 Å². The summed E-state index contributed by atoms with van der Waals surface area (Å²) in [6, 6.07) is 39.2. The van der Waals surface area contributed by atoms with Crippen molar-refractivity contribution < 1.29 is 0 Å². The van der Waals surface area contributed by atoms with Gasteiger partial charge in [0.05, 0.1) is 5.69 Å². The molecule has 5 rings (SSSR count). The van der Waals surface area contributed by atoms with Crippen molar-refractivity contribution in [3.05, 3.63) is 126 Å². The lowest BCUT2D eigenvalue weighted by Gasteiger charge is -2.28. The van der Waals surface area contributed by atoms with Crippen LogP contribution in [0.3, 0.4) is 0 Å². The summed E-state index contributed by atoms with van der Waals surface area (Å²) in [5.41, 5.74) is 0.771. The van der Waals surface area contributed by atoms with Gasteiger partial charge in [0.15, 0.2) is 5.82 Å². The lowest BCUT2D eigenvalue weighted by atomic mass is 10.3. The van der Waals surface area contributed by atoms with Crippen LogP contribution in [-0.4, -0.2) is 26.0 Å². The number of hydrogen-bond acceptors (Lipinski definition) is 3. The van der Waals surface area contributed by atoms with Gasteiger partial charge in [0.25, 0.3) is 0 Å². The second-order valence-electron chi connectivity index (χ2n) is 7.28. The van der Waals surface area contributed by atoms with E-state index in [-0.39, 0.29) is 17.0 Å². The molecular formula is C26H21BrClN4P. The molecule has 4 nitrogen and oxygen atoms in total. The van der Waals surface area contributed by atoms with Crippen molar-refractivity contribution in [1.29, 1.82) is 0 Å². The standard InChI is InChI=1S/C26H20ClN4P.BrH/c27-21-11-10-12-22(19-21)31-29-26(28-30-31)20-32(23-13-4-1-5-14-23,24-15-6-2-7-16-24)25-17-8-3-9-18-25;/h1-20H;1H. The number of nitrogens with zero attached hydrogens (tertiary/aromatic N) is 4. The zero-order valence-electron chi connectivity index (χ0n) is 17.6. The van der Waals surface area contributed by atoms with Crippen molar-refractivity contribution in [2.75, 3.05) is 0 Å². The minimum absolute atomic E-state index is 0. The van der Waals surface area contributed by atoms with E-state index >= 15 is 0 Å². The number of hydrogen-bond donors (Lipinski definition) is 0. The predicted molar refractivity (Wildman–Crippen MR) is 145 cm³/mol.